The molecule has 3 aromatic rings. The first-order valence-electron chi connectivity index (χ1n) is 7.52. The van der Waals surface area contributed by atoms with E-state index in [1.807, 2.05) is 25.1 Å². The van der Waals surface area contributed by atoms with Crippen molar-refractivity contribution in [3.63, 3.8) is 0 Å². The predicted molar refractivity (Wildman–Crippen MR) is 86.5 cm³/mol. The molecule has 3 nitrogen and oxygen atoms in total. The molecule has 0 radical (unpaired) electrons. The lowest BCUT2D eigenvalue weighted by atomic mass is 9.98. The van der Waals surface area contributed by atoms with Crippen LogP contribution in [0.1, 0.15) is 41.1 Å². The normalized spacial score (nSPS) is 11.0. The fourth-order valence-corrected chi connectivity index (χ4v) is 2.76. The highest BCUT2D eigenvalue weighted by molar-refractivity contribution is 6.17. The molecule has 1 heterocycles. The van der Waals surface area contributed by atoms with Gasteiger partial charge in [0.25, 0.3) is 0 Å². The first-order valence-corrected chi connectivity index (χ1v) is 7.52. The van der Waals surface area contributed by atoms with Crippen molar-refractivity contribution in [2.45, 2.75) is 26.7 Å². The molecule has 0 aliphatic carbocycles. The third-order valence-corrected chi connectivity index (χ3v) is 3.93. The number of carbonyl (C=O) groups is 1. The van der Waals surface area contributed by atoms with Gasteiger partial charge in [0.05, 0.1) is 5.56 Å². The van der Waals surface area contributed by atoms with Gasteiger partial charge in [-0.1, -0.05) is 32.0 Å². The molecule has 0 atom stereocenters. The van der Waals surface area contributed by atoms with Gasteiger partial charge < -0.3 is 9.52 Å². The van der Waals surface area contributed by atoms with Crippen molar-refractivity contribution < 1.29 is 14.3 Å². The first kappa shape index (κ1) is 14.4. The average Bonchev–Trinajstić information content (AvgIpc) is 2.93. The Bertz CT molecular complexity index is 826. The van der Waals surface area contributed by atoms with E-state index in [1.54, 1.807) is 12.1 Å². The van der Waals surface area contributed by atoms with E-state index >= 15 is 0 Å². The largest absolute Gasteiger partial charge is 0.508 e. The van der Waals surface area contributed by atoms with Crippen LogP contribution < -0.4 is 0 Å². The van der Waals surface area contributed by atoms with Gasteiger partial charge in [-0.2, -0.15) is 0 Å². The zero-order valence-electron chi connectivity index (χ0n) is 12.7. The molecule has 0 amide bonds. The molecule has 2 aromatic carbocycles. The Morgan fingerprint density at radius 2 is 1.77 bits per heavy atom. The lowest BCUT2D eigenvalue weighted by Crippen LogP contribution is -2.03. The standard InChI is InChI=1S/C19H18O3/c1-3-12-6-5-7-15-17(16(4-2)22-19(12)15)18(21)13-8-10-14(20)11-9-13/h5-11,20H,3-4H2,1-2H3. The molecule has 0 unspecified atom stereocenters. The van der Waals surface area contributed by atoms with Crippen molar-refractivity contribution in [2.24, 2.45) is 0 Å². The maximum atomic E-state index is 12.9. The molecule has 3 heteroatoms. The highest BCUT2D eigenvalue weighted by Gasteiger charge is 2.22. The second-order valence-corrected chi connectivity index (χ2v) is 5.28. The van der Waals surface area contributed by atoms with Crippen LogP contribution in [0.2, 0.25) is 0 Å². The van der Waals surface area contributed by atoms with Crippen LogP contribution in [-0.4, -0.2) is 10.9 Å². The maximum Gasteiger partial charge on any atom is 0.197 e. The zero-order chi connectivity index (χ0) is 15.7. The van der Waals surface area contributed by atoms with Gasteiger partial charge in [-0.3, -0.25) is 4.79 Å². The van der Waals surface area contributed by atoms with Crippen LogP contribution in [-0.2, 0) is 12.8 Å². The molecule has 0 aliphatic rings. The third kappa shape index (κ3) is 2.29. The Balaban J connectivity index is 2.21. The van der Waals surface area contributed by atoms with Crippen LogP contribution in [0.4, 0.5) is 0 Å². The monoisotopic (exact) mass is 294 g/mol. The Hall–Kier alpha value is -2.55. The van der Waals surface area contributed by atoms with Crippen molar-refractivity contribution in [3.05, 3.63) is 64.9 Å². The second-order valence-electron chi connectivity index (χ2n) is 5.28. The van der Waals surface area contributed by atoms with Crippen LogP contribution in [0, 0.1) is 0 Å². The van der Waals surface area contributed by atoms with Gasteiger partial charge in [0.1, 0.15) is 17.1 Å². The van der Waals surface area contributed by atoms with E-state index in [1.165, 1.54) is 12.1 Å². The fraction of sp³-hybridized carbons (Fsp3) is 0.211. The number of aromatic hydroxyl groups is 1. The number of aryl methyl sites for hydroxylation is 2. The molecular weight excluding hydrogens is 276 g/mol. The molecule has 0 spiro atoms. The van der Waals surface area contributed by atoms with Gasteiger partial charge in [0.15, 0.2) is 5.78 Å². The van der Waals surface area contributed by atoms with Crippen molar-refractivity contribution in [2.75, 3.05) is 0 Å². The van der Waals surface area contributed by atoms with E-state index in [4.69, 9.17) is 4.42 Å². The summed E-state index contributed by atoms with van der Waals surface area (Å²) in [4.78, 5) is 12.9. The minimum atomic E-state index is -0.0659. The Kier molecular flexibility index (Phi) is 3.72. The minimum absolute atomic E-state index is 0.0659. The Labute approximate surface area is 129 Å². The maximum absolute atomic E-state index is 12.9. The Morgan fingerprint density at radius 1 is 1.05 bits per heavy atom. The quantitative estimate of drug-likeness (QED) is 0.721. The van der Waals surface area contributed by atoms with Gasteiger partial charge in [-0.25, -0.2) is 0 Å². The van der Waals surface area contributed by atoms with E-state index < -0.39 is 0 Å². The van der Waals surface area contributed by atoms with Crippen molar-refractivity contribution in [1.82, 2.24) is 0 Å². The summed E-state index contributed by atoms with van der Waals surface area (Å²) in [6.07, 6.45) is 1.53. The highest BCUT2D eigenvalue weighted by atomic mass is 16.3. The molecule has 0 fully saturated rings. The van der Waals surface area contributed by atoms with E-state index in [-0.39, 0.29) is 11.5 Å². The van der Waals surface area contributed by atoms with Crippen molar-refractivity contribution in [1.29, 1.82) is 0 Å². The van der Waals surface area contributed by atoms with Gasteiger partial charge in [0, 0.05) is 17.4 Å². The van der Waals surface area contributed by atoms with Crippen molar-refractivity contribution in [3.8, 4) is 5.75 Å². The summed E-state index contributed by atoms with van der Waals surface area (Å²) in [7, 11) is 0. The number of fused-ring (bicyclic) bond motifs is 1. The van der Waals surface area contributed by atoms with Crippen LogP contribution in [0.5, 0.6) is 5.75 Å². The molecule has 1 aromatic heterocycles. The smallest absolute Gasteiger partial charge is 0.197 e. The first-order chi connectivity index (χ1) is 10.7. The molecule has 0 bridgehead atoms. The number of hydrogen-bond donors (Lipinski definition) is 1. The topological polar surface area (TPSA) is 50.4 Å². The summed E-state index contributed by atoms with van der Waals surface area (Å²) in [6, 6.07) is 12.3. The number of furan rings is 1. The number of hydrogen-bond acceptors (Lipinski definition) is 3. The number of phenols is 1. The summed E-state index contributed by atoms with van der Waals surface area (Å²) in [5, 5.41) is 10.2. The summed E-state index contributed by atoms with van der Waals surface area (Å²) in [5.74, 6) is 0.801. The van der Waals surface area contributed by atoms with Crippen LogP contribution in [0.25, 0.3) is 11.0 Å². The van der Waals surface area contributed by atoms with E-state index in [0.29, 0.717) is 23.3 Å². The molecular formula is C19H18O3. The fourth-order valence-electron chi connectivity index (χ4n) is 2.76. The molecule has 112 valence electrons. The lowest BCUT2D eigenvalue weighted by Gasteiger charge is -2.02. The summed E-state index contributed by atoms with van der Waals surface area (Å²) < 4.78 is 5.97. The zero-order valence-corrected chi connectivity index (χ0v) is 12.7. The SMILES string of the molecule is CCc1oc2c(CC)cccc2c1C(=O)c1ccc(O)cc1. The summed E-state index contributed by atoms with van der Waals surface area (Å²) >= 11 is 0. The number of rotatable bonds is 4. The number of ketones is 1. The second kappa shape index (κ2) is 5.68. The Morgan fingerprint density at radius 3 is 2.41 bits per heavy atom. The number of benzene rings is 2. The molecule has 22 heavy (non-hydrogen) atoms. The number of phenolic OH excluding ortho intramolecular Hbond substituents is 1. The number of carbonyl (C=O) groups excluding carboxylic acids is 1. The minimum Gasteiger partial charge on any atom is -0.508 e. The van der Waals surface area contributed by atoms with Crippen LogP contribution >= 0.6 is 0 Å². The van der Waals surface area contributed by atoms with E-state index in [0.717, 1.165) is 23.0 Å². The summed E-state index contributed by atoms with van der Waals surface area (Å²) in [5.41, 5.74) is 3.11. The van der Waals surface area contributed by atoms with Gasteiger partial charge in [-0.15, -0.1) is 0 Å². The van der Waals surface area contributed by atoms with Crippen LogP contribution in [0.3, 0.4) is 0 Å². The highest BCUT2D eigenvalue weighted by Crippen LogP contribution is 2.31. The van der Waals surface area contributed by atoms with Gasteiger partial charge in [-0.05, 0) is 36.2 Å². The molecule has 0 aliphatic heterocycles. The third-order valence-electron chi connectivity index (χ3n) is 3.93. The van der Waals surface area contributed by atoms with E-state index in [9.17, 15) is 9.90 Å². The molecule has 0 saturated carbocycles. The molecule has 3 rings (SSSR count). The van der Waals surface area contributed by atoms with Gasteiger partial charge in [0.2, 0.25) is 0 Å². The molecule has 0 saturated heterocycles. The summed E-state index contributed by atoms with van der Waals surface area (Å²) in [6.45, 7) is 4.06. The van der Waals surface area contributed by atoms with E-state index in [2.05, 4.69) is 6.92 Å². The predicted octanol–water partition coefficient (Wildman–Crippen LogP) is 4.49. The lowest BCUT2D eigenvalue weighted by molar-refractivity contribution is 0.103. The average molecular weight is 294 g/mol. The van der Waals surface area contributed by atoms with Gasteiger partial charge >= 0.3 is 0 Å². The van der Waals surface area contributed by atoms with Crippen LogP contribution in [0.15, 0.2) is 46.9 Å². The van der Waals surface area contributed by atoms with Crippen molar-refractivity contribution >= 4 is 16.8 Å². The molecule has 1 N–H and O–H groups in total. The number of para-hydroxylation sites is 1.